The van der Waals surface area contributed by atoms with E-state index in [4.69, 9.17) is 4.74 Å². The maximum atomic E-state index is 12.4. The fraction of sp³-hybridized carbons (Fsp3) is 0.526. The van der Waals surface area contributed by atoms with E-state index in [9.17, 15) is 4.79 Å². The van der Waals surface area contributed by atoms with Crippen LogP contribution < -0.4 is 0 Å². The van der Waals surface area contributed by atoms with Gasteiger partial charge in [0.25, 0.3) is 0 Å². The van der Waals surface area contributed by atoms with Crippen molar-refractivity contribution in [2.24, 2.45) is 0 Å². The Hall–Kier alpha value is -1.65. The molecule has 0 aromatic heterocycles. The van der Waals surface area contributed by atoms with Crippen LogP contribution in [0.5, 0.6) is 0 Å². The van der Waals surface area contributed by atoms with Gasteiger partial charge in [0.1, 0.15) is 0 Å². The zero-order valence-electron chi connectivity index (χ0n) is 13.7. The molecule has 0 saturated carbocycles. The largest absolute Gasteiger partial charge is 0.377 e. The molecule has 0 bridgehead atoms. The third kappa shape index (κ3) is 4.91. The summed E-state index contributed by atoms with van der Waals surface area (Å²) in [5, 5.41) is 0. The first-order valence-electron chi connectivity index (χ1n) is 8.67. The number of hydrogen-bond donors (Lipinski definition) is 0. The normalized spacial score (nSPS) is 23.3. The van der Waals surface area contributed by atoms with Gasteiger partial charge in [-0.1, -0.05) is 30.3 Å². The van der Waals surface area contributed by atoms with Crippen molar-refractivity contribution in [3.05, 3.63) is 42.0 Å². The molecule has 1 atom stereocenters. The number of carbonyl (C=O) groups is 1. The summed E-state index contributed by atoms with van der Waals surface area (Å²) in [7, 11) is 0. The van der Waals surface area contributed by atoms with E-state index in [0.717, 1.165) is 51.3 Å². The number of hydrogen-bond acceptors (Lipinski definition) is 3. The van der Waals surface area contributed by atoms with Crippen LogP contribution in [0.3, 0.4) is 0 Å². The van der Waals surface area contributed by atoms with Crippen LogP contribution in [0.4, 0.5) is 0 Å². The highest BCUT2D eigenvalue weighted by Gasteiger charge is 2.22. The summed E-state index contributed by atoms with van der Waals surface area (Å²) in [5.41, 5.74) is 1.07. The Kier molecular flexibility index (Phi) is 5.83. The molecule has 0 aliphatic carbocycles. The lowest BCUT2D eigenvalue weighted by molar-refractivity contribution is -0.125. The molecule has 4 heteroatoms. The van der Waals surface area contributed by atoms with E-state index in [-0.39, 0.29) is 5.91 Å². The average Bonchev–Trinajstić information content (AvgIpc) is 2.98. The SMILES string of the molecule is O=C(/C=C\c1ccccc1)N1CCCN(C[C@@H]2CCCO2)CC1. The lowest BCUT2D eigenvalue weighted by Crippen LogP contribution is -2.37. The van der Waals surface area contributed by atoms with Crippen LogP contribution in [-0.2, 0) is 9.53 Å². The lowest BCUT2D eigenvalue weighted by atomic mass is 10.2. The Balaban J connectivity index is 1.49. The number of rotatable bonds is 4. The van der Waals surface area contributed by atoms with Gasteiger partial charge >= 0.3 is 0 Å². The van der Waals surface area contributed by atoms with Crippen LogP contribution in [-0.4, -0.2) is 61.1 Å². The topological polar surface area (TPSA) is 32.8 Å². The molecule has 1 aromatic carbocycles. The van der Waals surface area contributed by atoms with E-state index in [2.05, 4.69) is 4.90 Å². The summed E-state index contributed by atoms with van der Waals surface area (Å²) >= 11 is 0. The Bertz CT molecular complexity index is 523. The molecular weight excluding hydrogens is 288 g/mol. The van der Waals surface area contributed by atoms with Crippen molar-refractivity contribution in [2.45, 2.75) is 25.4 Å². The molecule has 124 valence electrons. The highest BCUT2D eigenvalue weighted by molar-refractivity contribution is 5.91. The van der Waals surface area contributed by atoms with Crippen molar-refractivity contribution >= 4 is 12.0 Å². The lowest BCUT2D eigenvalue weighted by Gasteiger charge is -2.23. The second kappa shape index (κ2) is 8.27. The van der Waals surface area contributed by atoms with Crippen LogP contribution in [0.2, 0.25) is 0 Å². The van der Waals surface area contributed by atoms with Gasteiger partial charge in [0.15, 0.2) is 0 Å². The average molecular weight is 314 g/mol. The van der Waals surface area contributed by atoms with Gasteiger partial charge in [-0.3, -0.25) is 9.69 Å². The Morgan fingerprint density at radius 1 is 1.13 bits per heavy atom. The summed E-state index contributed by atoms with van der Waals surface area (Å²) in [6.45, 7) is 5.59. The second-order valence-corrected chi connectivity index (χ2v) is 6.36. The van der Waals surface area contributed by atoms with Gasteiger partial charge < -0.3 is 9.64 Å². The molecule has 2 heterocycles. The van der Waals surface area contributed by atoms with Crippen LogP contribution in [0.15, 0.2) is 36.4 Å². The maximum Gasteiger partial charge on any atom is 0.246 e. The van der Waals surface area contributed by atoms with Crippen molar-refractivity contribution in [1.82, 2.24) is 9.80 Å². The number of amides is 1. The molecule has 2 aliphatic heterocycles. The van der Waals surface area contributed by atoms with E-state index in [0.29, 0.717) is 6.10 Å². The number of ether oxygens (including phenoxy) is 1. The fourth-order valence-corrected chi connectivity index (χ4v) is 3.29. The van der Waals surface area contributed by atoms with Crippen molar-refractivity contribution < 1.29 is 9.53 Å². The molecule has 2 fully saturated rings. The summed E-state index contributed by atoms with van der Waals surface area (Å²) < 4.78 is 5.72. The summed E-state index contributed by atoms with van der Waals surface area (Å²) in [4.78, 5) is 16.8. The molecule has 0 N–H and O–H groups in total. The molecular formula is C19H26N2O2. The fourth-order valence-electron chi connectivity index (χ4n) is 3.29. The summed E-state index contributed by atoms with van der Waals surface area (Å²) in [5.74, 6) is 0.118. The van der Waals surface area contributed by atoms with Crippen molar-refractivity contribution in [3.63, 3.8) is 0 Å². The number of benzene rings is 1. The highest BCUT2D eigenvalue weighted by atomic mass is 16.5. The molecule has 1 amide bonds. The molecule has 2 aliphatic rings. The van der Waals surface area contributed by atoms with Crippen LogP contribution in [0, 0.1) is 0 Å². The predicted molar refractivity (Wildman–Crippen MR) is 92.1 cm³/mol. The zero-order chi connectivity index (χ0) is 15.9. The predicted octanol–water partition coefficient (Wildman–Crippen LogP) is 2.41. The van der Waals surface area contributed by atoms with Gasteiger partial charge in [-0.05, 0) is 37.4 Å². The first-order chi connectivity index (χ1) is 11.3. The minimum Gasteiger partial charge on any atom is -0.377 e. The second-order valence-electron chi connectivity index (χ2n) is 6.36. The maximum absolute atomic E-state index is 12.4. The number of carbonyl (C=O) groups excluding carboxylic acids is 1. The molecule has 0 unspecified atom stereocenters. The molecule has 4 nitrogen and oxygen atoms in total. The molecule has 0 radical (unpaired) electrons. The van der Waals surface area contributed by atoms with Crippen molar-refractivity contribution in [2.75, 3.05) is 39.3 Å². The van der Waals surface area contributed by atoms with E-state index >= 15 is 0 Å². The van der Waals surface area contributed by atoms with Gasteiger partial charge in [0, 0.05) is 38.9 Å². The smallest absolute Gasteiger partial charge is 0.246 e. The van der Waals surface area contributed by atoms with E-state index < -0.39 is 0 Å². The van der Waals surface area contributed by atoms with Crippen molar-refractivity contribution in [1.29, 1.82) is 0 Å². The van der Waals surface area contributed by atoms with Crippen LogP contribution in [0.1, 0.15) is 24.8 Å². The molecule has 0 spiro atoms. The molecule has 2 saturated heterocycles. The Morgan fingerprint density at radius 3 is 2.78 bits per heavy atom. The minimum absolute atomic E-state index is 0.118. The van der Waals surface area contributed by atoms with Gasteiger partial charge in [-0.2, -0.15) is 0 Å². The summed E-state index contributed by atoms with van der Waals surface area (Å²) in [6.07, 6.45) is 7.40. The van der Waals surface area contributed by atoms with Gasteiger partial charge in [-0.15, -0.1) is 0 Å². The Morgan fingerprint density at radius 2 is 2.00 bits per heavy atom. The van der Waals surface area contributed by atoms with E-state index in [1.807, 2.05) is 41.3 Å². The van der Waals surface area contributed by atoms with E-state index in [1.165, 1.54) is 12.8 Å². The summed E-state index contributed by atoms with van der Waals surface area (Å²) in [6, 6.07) is 9.97. The monoisotopic (exact) mass is 314 g/mol. The highest BCUT2D eigenvalue weighted by Crippen LogP contribution is 2.15. The van der Waals surface area contributed by atoms with E-state index in [1.54, 1.807) is 6.08 Å². The molecule has 3 rings (SSSR count). The van der Waals surface area contributed by atoms with Gasteiger partial charge in [0.2, 0.25) is 5.91 Å². The zero-order valence-corrected chi connectivity index (χ0v) is 13.7. The molecule has 1 aromatic rings. The van der Waals surface area contributed by atoms with Crippen LogP contribution in [0.25, 0.3) is 6.08 Å². The van der Waals surface area contributed by atoms with Crippen LogP contribution >= 0.6 is 0 Å². The van der Waals surface area contributed by atoms with Gasteiger partial charge in [0.05, 0.1) is 6.10 Å². The third-order valence-corrected chi connectivity index (χ3v) is 4.60. The van der Waals surface area contributed by atoms with Gasteiger partial charge in [-0.25, -0.2) is 0 Å². The molecule has 23 heavy (non-hydrogen) atoms. The third-order valence-electron chi connectivity index (χ3n) is 4.60. The first-order valence-corrected chi connectivity index (χ1v) is 8.67. The number of nitrogens with zero attached hydrogens (tertiary/aromatic N) is 2. The quantitative estimate of drug-likeness (QED) is 0.800. The standard InChI is InChI=1S/C19H26N2O2/c22-19(10-9-17-6-2-1-3-7-17)21-12-5-11-20(13-14-21)16-18-8-4-15-23-18/h1-3,6-7,9-10,18H,4-5,8,11-16H2/b10-9-/t18-/m0/s1. The first kappa shape index (κ1) is 16.2. The Labute approximate surface area is 138 Å². The van der Waals surface area contributed by atoms with Crippen molar-refractivity contribution in [3.8, 4) is 0 Å². The minimum atomic E-state index is 0.118.